The normalized spacial score (nSPS) is 11.0. The molecule has 2 N–H and O–H groups in total. The molecule has 7 heteroatoms. The number of nitrogens with one attached hydrogen (secondary N) is 2. The Hall–Kier alpha value is -2.86. The number of hydrogen-bond acceptors (Lipinski definition) is 3. The molecule has 0 saturated heterocycles. The zero-order valence-corrected chi connectivity index (χ0v) is 16.0. The Morgan fingerprint density at radius 2 is 1.78 bits per heavy atom. The average Bonchev–Trinajstić information content (AvgIpc) is 2.98. The second-order valence-corrected chi connectivity index (χ2v) is 6.90. The summed E-state index contributed by atoms with van der Waals surface area (Å²) < 4.78 is 1.81. The second-order valence-electron chi connectivity index (χ2n) is 6.49. The third kappa shape index (κ3) is 4.46. The maximum absolute atomic E-state index is 12.4. The van der Waals surface area contributed by atoms with Gasteiger partial charge in [-0.25, -0.2) is 4.98 Å². The van der Waals surface area contributed by atoms with Crippen LogP contribution in [-0.2, 0) is 16.1 Å². The van der Waals surface area contributed by atoms with Gasteiger partial charge in [-0.3, -0.25) is 9.59 Å². The van der Waals surface area contributed by atoms with Gasteiger partial charge in [0.25, 0.3) is 0 Å². The molecule has 1 aromatic heterocycles. The summed E-state index contributed by atoms with van der Waals surface area (Å²) in [4.78, 5) is 28.8. The summed E-state index contributed by atoms with van der Waals surface area (Å²) in [6.45, 7) is 3.71. The minimum atomic E-state index is -0.273. The van der Waals surface area contributed by atoms with Crippen molar-refractivity contribution >= 4 is 34.4 Å². The maximum atomic E-state index is 12.4. The van der Waals surface area contributed by atoms with Crippen LogP contribution in [0.4, 0.5) is 0 Å². The van der Waals surface area contributed by atoms with Crippen LogP contribution in [0.1, 0.15) is 13.8 Å². The van der Waals surface area contributed by atoms with Crippen molar-refractivity contribution in [2.24, 2.45) is 0 Å². The van der Waals surface area contributed by atoms with Crippen LogP contribution in [0.25, 0.3) is 22.4 Å². The van der Waals surface area contributed by atoms with Crippen molar-refractivity contribution in [3.8, 4) is 11.4 Å². The molecule has 0 saturated carbocycles. The zero-order chi connectivity index (χ0) is 19.4. The molecule has 0 bridgehead atoms. The first-order valence-corrected chi connectivity index (χ1v) is 9.09. The topological polar surface area (TPSA) is 76.0 Å². The van der Waals surface area contributed by atoms with Gasteiger partial charge in [-0.15, -0.1) is 0 Å². The van der Waals surface area contributed by atoms with Crippen molar-refractivity contribution < 1.29 is 9.59 Å². The Kier molecular flexibility index (Phi) is 5.76. The van der Waals surface area contributed by atoms with Gasteiger partial charge in [0.1, 0.15) is 12.4 Å². The molecule has 3 rings (SSSR count). The van der Waals surface area contributed by atoms with Gasteiger partial charge in [-0.05, 0) is 38.1 Å². The number of amides is 2. The van der Waals surface area contributed by atoms with Crippen molar-refractivity contribution in [3.63, 3.8) is 0 Å². The lowest BCUT2D eigenvalue weighted by Crippen LogP contribution is -2.40. The monoisotopic (exact) mass is 384 g/mol. The van der Waals surface area contributed by atoms with Crippen LogP contribution in [0.15, 0.2) is 48.5 Å². The summed E-state index contributed by atoms with van der Waals surface area (Å²) in [6, 6.07) is 15.0. The predicted molar refractivity (Wildman–Crippen MR) is 106 cm³/mol. The first-order chi connectivity index (χ1) is 13.0. The molecule has 27 heavy (non-hydrogen) atoms. The number of hydrogen-bond donors (Lipinski definition) is 2. The first kappa shape index (κ1) is 18.9. The number of carbonyl (C=O) groups excluding carboxylic acids is 2. The van der Waals surface area contributed by atoms with E-state index in [1.54, 1.807) is 6.07 Å². The Morgan fingerprint density at radius 3 is 2.52 bits per heavy atom. The summed E-state index contributed by atoms with van der Waals surface area (Å²) in [6.07, 6.45) is 0. The highest BCUT2D eigenvalue weighted by molar-refractivity contribution is 6.33. The van der Waals surface area contributed by atoms with Crippen LogP contribution < -0.4 is 10.6 Å². The van der Waals surface area contributed by atoms with E-state index in [9.17, 15) is 9.59 Å². The fraction of sp³-hybridized carbons (Fsp3) is 0.250. The van der Waals surface area contributed by atoms with Gasteiger partial charge < -0.3 is 15.2 Å². The van der Waals surface area contributed by atoms with Crippen molar-refractivity contribution in [2.75, 3.05) is 6.54 Å². The van der Waals surface area contributed by atoms with Crippen LogP contribution in [0.2, 0.25) is 5.02 Å². The molecule has 0 aliphatic rings. The third-order valence-electron chi connectivity index (χ3n) is 3.97. The third-order valence-corrected chi connectivity index (χ3v) is 4.30. The van der Waals surface area contributed by atoms with E-state index < -0.39 is 0 Å². The summed E-state index contributed by atoms with van der Waals surface area (Å²) in [7, 11) is 0. The number of imidazole rings is 1. The van der Waals surface area contributed by atoms with Gasteiger partial charge in [0.05, 0.1) is 22.6 Å². The molecule has 2 aromatic carbocycles. The number of para-hydroxylation sites is 2. The van der Waals surface area contributed by atoms with Crippen LogP contribution in [-0.4, -0.2) is 34.0 Å². The number of carbonyl (C=O) groups is 2. The van der Waals surface area contributed by atoms with Gasteiger partial charge in [0, 0.05) is 11.6 Å². The molecule has 0 aliphatic heterocycles. The number of nitrogens with zero attached hydrogens (tertiary/aromatic N) is 2. The maximum Gasteiger partial charge on any atom is 0.240 e. The van der Waals surface area contributed by atoms with E-state index in [1.165, 1.54) is 0 Å². The molecule has 6 nitrogen and oxygen atoms in total. The van der Waals surface area contributed by atoms with Crippen LogP contribution in [0.3, 0.4) is 0 Å². The number of aromatic nitrogens is 2. The molecule has 1 heterocycles. The predicted octanol–water partition coefficient (Wildman–Crippen LogP) is 3.00. The molecular formula is C20H21ClN4O2. The van der Waals surface area contributed by atoms with Crippen molar-refractivity contribution in [1.29, 1.82) is 0 Å². The minimum absolute atomic E-state index is 0.0267. The summed E-state index contributed by atoms with van der Waals surface area (Å²) >= 11 is 6.34. The molecule has 0 spiro atoms. The number of rotatable bonds is 6. The van der Waals surface area contributed by atoms with Crippen molar-refractivity contribution in [1.82, 2.24) is 20.2 Å². The summed E-state index contributed by atoms with van der Waals surface area (Å²) in [5, 5.41) is 5.95. The van der Waals surface area contributed by atoms with E-state index in [0.717, 1.165) is 16.6 Å². The number of fused-ring (bicyclic) bond motifs is 1. The lowest BCUT2D eigenvalue weighted by Gasteiger charge is -2.12. The SMILES string of the molecule is CC(C)NC(=O)CNC(=O)Cn1c(-c2ccccc2Cl)nc2ccccc21. The van der Waals surface area contributed by atoms with Crippen LogP contribution >= 0.6 is 11.6 Å². The number of halogens is 1. The molecule has 0 radical (unpaired) electrons. The van der Waals surface area contributed by atoms with Crippen LogP contribution in [0, 0.1) is 0 Å². The first-order valence-electron chi connectivity index (χ1n) is 8.72. The molecule has 0 unspecified atom stereocenters. The molecule has 0 fully saturated rings. The van der Waals surface area contributed by atoms with Crippen molar-refractivity contribution in [2.45, 2.75) is 26.4 Å². The van der Waals surface area contributed by atoms with E-state index in [-0.39, 0.29) is 30.9 Å². The second kappa shape index (κ2) is 8.22. The van der Waals surface area contributed by atoms with Gasteiger partial charge in [-0.2, -0.15) is 0 Å². The highest BCUT2D eigenvalue weighted by Gasteiger charge is 2.17. The standard InChI is InChI=1S/C20H21ClN4O2/c1-13(2)23-18(26)11-22-19(27)12-25-17-10-6-5-9-16(17)24-20(25)14-7-3-4-8-15(14)21/h3-10,13H,11-12H2,1-2H3,(H,22,27)(H,23,26). The molecule has 2 amide bonds. The Balaban J connectivity index is 1.87. The smallest absolute Gasteiger partial charge is 0.240 e. The Labute approximate surface area is 162 Å². The van der Waals surface area contributed by atoms with Gasteiger partial charge in [0.2, 0.25) is 11.8 Å². The molecular weight excluding hydrogens is 364 g/mol. The summed E-state index contributed by atoms with van der Waals surface area (Å²) in [5.41, 5.74) is 2.35. The minimum Gasteiger partial charge on any atom is -0.352 e. The Morgan fingerprint density at radius 1 is 1.07 bits per heavy atom. The lowest BCUT2D eigenvalue weighted by atomic mass is 10.2. The molecule has 0 atom stereocenters. The van der Waals surface area contributed by atoms with E-state index in [2.05, 4.69) is 15.6 Å². The van der Waals surface area contributed by atoms with Crippen LogP contribution in [0.5, 0.6) is 0 Å². The largest absolute Gasteiger partial charge is 0.352 e. The summed E-state index contributed by atoms with van der Waals surface area (Å²) in [5.74, 6) is 0.120. The van der Waals surface area contributed by atoms with Gasteiger partial charge >= 0.3 is 0 Å². The zero-order valence-electron chi connectivity index (χ0n) is 15.2. The van der Waals surface area contributed by atoms with Gasteiger partial charge in [-0.1, -0.05) is 35.9 Å². The fourth-order valence-electron chi connectivity index (χ4n) is 2.84. The van der Waals surface area contributed by atoms with Crippen molar-refractivity contribution in [3.05, 3.63) is 53.6 Å². The molecule has 140 valence electrons. The highest BCUT2D eigenvalue weighted by Crippen LogP contribution is 2.30. The quantitative estimate of drug-likeness (QED) is 0.686. The lowest BCUT2D eigenvalue weighted by molar-refractivity contribution is -0.126. The van der Waals surface area contributed by atoms with E-state index in [4.69, 9.17) is 11.6 Å². The van der Waals surface area contributed by atoms with Gasteiger partial charge in [0.15, 0.2) is 0 Å². The molecule has 0 aliphatic carbocycles. The number of benzene rings is 2. The van der Waals surface area contributed by atoms with E-state index in [0.29, 0.717) is 10.8 Å². The average molecular weight is 385 g/mol. The Bertz CT molecular complexity index is 981. The van der Waals surface area contributed by atoms with E-state index in [1.807, 2.05) is 60.9 Å². The fourth-order valence-corrected chi connectivity index (χ4v) is 3.06. The van der Waals surface area contributed by atoms with E-state index >= 15 is 0 Å². The highest BCUT2D eigenvalue weighted by atomic mass is 35.5. The molecule has 3 aromatic rings.